The number of aromatic nitrogens is 2. The number of sulfone groups is 1. The van der Waals surface area contributed by atoms with Crippen molar-refractivity contribution in [3.05, 3.63) is 64.7 Å². The van der Waals surface area contributed by atoms with Crippen molar-refractivity contribution in [2.75, 3.05) is 23.8 Å². The molecule has 0 radical (unpaired) electrons. The second-order valence-corrected chi connectivity index (χ2v) is 10.7. The van der Waals surface area contributed by atoms with Crippen LogP contribution in [0.3, 0.4) is 0 Å². The molecule has 1 amide bonds. The normalized spacial score (nSPS) is 17.5. The average Bonchev–Trinajstić information content (AvgIpc) is 3.13. The predicted octanol–water partition coefficient (Wildman–Crippen LogP) is 2.65. The lowest BCUT2D eigenvalue weighted by Crippen LogP contribution is -2.42. The fourth-order valence-electron chi connectivity index (χ4n) is 3.90. The Morgan fingerprint density at radius 3 is 2.59 bits per heavy atom. The number of fused-ring (bicyclic) bond motifs is 1. The zero-order valence-electron chi connectivity index (χ0n) is 17.4. The number of amides is 1. The first-order valence-electron chi connectivity index (χ1n) is 10.2. The smallest absolute Gasteiger partial charge is 0.266 e. The van der Waals surface area contributed by atoms with Gasteiger partial charge in [0, 0.05) is 12.6 Å². The van der Waals surface area contributed by atoms with Crippen LogP contribution in [0.25, 0.3) is 16.6 Å². The van der Waals surface area contributed by atoms with Gasteiger partial charge in [0.05, 0.1) is 33.8 Å². The standard InChI is InChI=1S/C22H22FN3O4S2/c1-2-25(17-11-12-32(29,30)14-17)20(27)13-31-22-24-19-6-4-3-5-18(19)21(28)26(22)16-9-7-15(23)8-10-16/h3-10,17H,2,11-14H2,1H3. The van der Waals surface area contributed by atoms with Crippen LogP contribution in [-0.2, 0) is 14.6 Å². The maximum atomic E-state index is 13.4. The molecular formula is C22H22FN3O4S2. The first-order chi connectivity index (χ1) is 15.3. The van der Waals surface area contributed by atoms with Gasteiger partial charge < -0.3 is 4.90 Å². The van der Waals surface area contributed by atoms with Crippen LogP contribution in [0.5, 0.6) is 0 Å². The molecule has 0 N–H and O–H groups in total. The number of nitrogens with zero attached hydrogens (tertiary/aromatic N) is 3. The van der Waals surface area contributed by atoms with E-state index in [2.05, 4.69) is 4.98 Å². The van der Waals surface area contributed by atoms with Crippen molar-refractivity contribution in [2.45, 2.75) is 24.5 Å². The Kier molecular flexibility index (Phi) is 6.34. The highest BCUT2D eigenvalue weighted by molar-refractivity contribution is 7.99. The maximum absolute atomic E-state index is 13.4. The summed E-state index contributed by atoms with van der Waals surface area (Å²) in [6.45, 7) is 2.21. The largest absolute Gasteiger partial charge is 0.338 e. The lowest BCUT2D eigenvalue weighted by molar-refractivity contribution is -0.129. The molecule has 1 aliphatic heterocycles. The Hall–Kier alpha value is -2.72. The molecule has 0 saturated carbocycles. The molecule has 32 heavy (non-hydrogen) atoms. The highest BCUT2D eigenvalue weighted by Gasteiger charge is 2.34. The van der Waals surface area contributed by atoms with Gasteiger partial charge in [0.15, 0.2) is 15.0 Å². The first-order valence-corrected chi connectivity index (χ1v) is 13.0. The van der Waals surface area contributed by atoms with Crippen molar-refractivity contribution < 1.29 is 17.6 Å². The van der Waals surface area contributed by atoms with Crippen LogP contribution in [0.1, 0.15) is 13.3 Å². The van der Waals surface area contributed by atoms with Gasteiger partial charge in [-0.25, -0.2) is 17.8 Å². The van der Waals surface area contributed by atoms with E-state index in [1.165, 1.54) is 28.8 Å². The second-order valence-electron chi connectivity index (χ2n) is 7.55. The Morgan fingerprint density at radius 2 is 1.94 bits per heavy atom. The fraction of sp³-hybridized carbons (Fsp3) is 0.318. The zero-order valence-corrected chi connectivity index (χ0v) is 19.0. The summed E-state index contributed by atoms with van der Waals surface area (Å²) in [5.74, 6) is -0.578. The van der Waals surface area contributed by atoms with Crippen molar-refractivity contribution in [2.24, 2.45) is 0 Å². The Morgan fingerprint density at radius 1 is 1.22 bits per heavy atom. The topological polar surface area (TPSA) is 89.3 Å². The van der Waals surface area contributed by atoms with Crippen molar-refractivity contribution in [3.8, 4) is 5.69 Å². The van der Waals surface area contributed by atoms with E-state index >= 15 is 0 Å². The van der Waals surface area contributed by atoms with Gasteiger partial charge in [-0.15, -0.1) is 0 Å². The van der Waals surface area contributed by atoms with Crippen molar-refractivity contribution >= 4 is 38.4 Å². The van der Waals surface area contributed by atoms with Crippen LogP contribution in [0.4, 0.5) is 4.39 Å². The number of carbonyl (C=O) groups is 1. The molecule has 1 aliphatic rings. The fourth-order valence-corrected chi connectivity index (χ4v) is 6.53. The summed E-state index contributed by atoms with van der Waals surface area (Å²) in [5, 5.41) is 0.725. The highest BCUT2D eigenvalue weighted by Crippen LogP contribution is 2.24. The van der Waals surface area contributed by atoms with Crippen LogP contribution in [0.2, 0.25) is 0 Å². The predicted molar refractivity (Wildman–Crippen MR) is 122 cm³/mol. The molecule has 3 aromatic rings. The molecule has 1 saturated heterocycles. The molecule has 0 aliphatic carbocycles. The van der Waals surface area contributed by atoms with Gasteiger partial charge in [0.25, 0.3) is 5.56 Å². The highest BCUT2D eigenvalue weighted by atomic mass is 32.2. The maximum Gasteiger partial charge on any atom is 0.266 e. The third kappa shape index (κ3) is 4.56. The van der Waals surface area contributed by atoms with Crippen LogP contribution >= 0.6 is 11.8 Å². The van der Waals surface area contributed by atoms with Crippen molar-refractivity contribution in [1.29, 1.82) is 0 Å². The molecule has 168 valence electrons. The van der Waals surface area contributed by atoms with Gasteiger partial charge >= 0.3 is 0 Å². The molecule has 1 atom stereocenters. The number of benzene rings is 2. The second kappa shape index (κ2) is 9.03. The average molecular weight is 476 g/mol. The number of hydrogen-bond donors (Lipinski definition) is 0. The molecule has 2 heterocycles. The Labute approximate surface area is 189 Å². The lowest BCUT2D eigenvalue weighted by atomic mass is 10.2. The lowest BCUT2D eigenvalue weighted by Gasteiger charge is -2.26. The Bertz CT molecular complexity index is 1320. The van der Waals surface area contributed by atoms with E-state index in [0.717, 1.165) is 11.8 Å². The number of carbonyl (C=O) groups excluding carboxylic acids is 1. The number of para-hydroxylation sites is 1. The van der Waals surface area contributed by atoms with Crippen LogP contribution in [0.15, 0.2) is 58.5 Å². The van der Waals surface area contributed by atoms with Crippen molar-refractivity contribution in [3.63, 3.8) is 0 Å². The van der Waals surface area contributed by atoms with Crippen LogP contribution < -0.4 is 5.56 Å². The minimum Gasteiger partial charge on any atom is -0.338 e. The third-order valence-electron chi connectivity index (χ3n) is 5.46. The van der Waals surface area contributed by atoms with E-state index in [1.54, 1.807) is 29.2 Å². The van der Waals surface area contributed by atoms with Gasteiger partial charge in [-0.3, -0.25) is 14.2 Å². The number of thioether (sulfide) groups is 1. The third-order valence-corrected chi connectivity index (χ3v) is 8.14. The summed E-state index contributed by atoms with van der Waals surface area (Å²) >= 11 is 1.10. The molecule has 1 fully saturated rings. The minimum atomic E-state index is -3.12. The summed E-state index contributed by atoms with van der Waals surface area (Å²) in [4.78, 5) is 32.3. The molecule has 1 unspecified atom stereocenters. The summed E-state index contributed by atoms with van der Waals surface area (Å²) in [5.41, 5.74) is 0.630. The van der Waals surface area contributed by atoms with E-state index in [4.69, 9.17) is 0 Å². The number of hydrogen-bond acceptors (Lipinski definition) is 6. The van der Waals surface area contributed by atoms with Crippen molar-refractivity contribution in [1.82, 2.24) is 14.5 Å². The minimum absolute atomic E-state index is 0.00361. The van der Waals surface area contributed by atoms with E-state index in [-0.39, 0.29) is 34.8 Å². The summed E-state index contributed by atoms with van der Waals surface area (Å²) in [6, 6.07) is 12.1. The molecule has 2 aromatic carbocycles. The first kappa shape index (κ1) is 22.5. The molecule has 1 aromatic heterocycles. The molecule has 7 nitrogen and oxygen atoms in total. The van der Waals surface area contributed by atoms with Crippen LogP contribution in [0, 0.1) is 5.82 Å². The SMILES string of the molecule is CCN(C(=O)CSc1nc2ccccc2c(=O)n1-c1ccc(F)cc1)C1CCS(=O)(=O)C1. The number of halogens is 1. The van der Waals surface area contributed by atoms with Gasteiger partial charge in [0.1, 0.15) is 5.82 Å². The zero-order chi connectivity index (χ0) is 22.9. The monoisotopic (exact) mass is 475 g/mol. The summed E-state index contributed by atoms with van der Waals surface area (Å²) in [7, 11) is -3.12. The number of rotatable bonds is 6. The van der Waals surface area contributed by atoms with E-state index in [1.807, 2.05) is 6.92 Å². The van der Waals surface area contributed by atoms with E-state index in [9.17, 15) is 22.4 Å². The van der Waals surface area contributed by atoms with Gasteiger partial charge in [-0.05, 0) is 49.7 Å². The molecule has 4 rings (SSSR count). The summed E-state index contributed by atoms with van der Waals surface area (Å²) < 4.78 is 38.5. The molecule has 0 spiro atoms. The van der Waals surface area contributed by atoms with Crippen LogP contribution in [-0.4, -0.2) is 58.6 Å². The molecule has 10 heteroatoms. The van der Waals surface area contributed by atoms with Gasteiger partial charge in [-0.2, -0.15) is 0 Å². The van der Waals surface area contributed by atoms with Gasteiger partial charge in [0.2, 0.25) is 5.91 Å². The van der Waals surface area contributed by atoms with Gasteiger partial charge in [-0.1, -0.05) is 23.9 Å². The van der Waals surface area contributed by atoms with E-state index < -0.39 is 15.7 Å². The summed E-state index contributed by atoms with van der Waals surface area (Å²) in [6.07, 6.45) is 0.432. The quantitative estimate of drug-likeness (QED) is 0.402. The Balaban J connectivity index is 1.66. The molecule has 0 bridgehead atoms. The molecular weight excluding hydrogens is 453 g/mol. The van der Waals surface area contributed by atoms with E-state index in [0.29, 0.717) is 34.7 Å².